The second kappa shape index (κ2) is 10.0. The summed E-state index contributed by atoms with van der Waals surface area (Å²) in [5.41, 5.74) is 6.70. The molecule has 0 fully saturated rings. The first-order chi connectivity index (χ1) is 12.6. The van der Waals surface area contributed by atoms with Crippen LogP contribution in [0.3, 0.4) is 0 Å². The number of amides is 2. The lowest BCUT2D eigenvalue weighted by molar-refractivity contribution is -0.119. The highest BCUT2D eigenvalue weighted by atomic mass is 16.5. The molecule has 5 heteroatoms. The number of nitrogens with zero attached hydrogens (tertiary/aromatic N) is 1. The average Bonchev–Trinajstić information content (AvgIpc) is 2.66. The second-order valence-electron chi connectivity index (χ2n) is 5.85. The van der Waals surface area contributed by atoms with Crippen molar-refractivity contribution >= 4 is 17.9 Å². The van der Waals surface area contributed by atoms with Crippen molar-refractivity contribution in [1.82, 2.24) is 4.90 Å². The molecule has 0 atom stereocenters. The number of hydrogen-bond acceptors (Lipinski definition) is 3. The smallest absolute Gasteiger partial charge is 0.255 e. The van der Waals surface area contributed by atoms with Gasteiger partial charge in [0.05, 0.1) is 0 Å². The zero-order valence-corrected chi connectivity index (χ0v) is 14.9. The van der Waals surface area contributed by atoms with Crippen LogP contribution >= 0.6 is 0 Å². The summed E-state index contributed by atoms with van der Waals surface area (Å²) < 4.78 is 5.28. The van der Waals surface area contributed by atoms with E-state index in [-0.39, 0.29) is 12.5 Å². The maximum Gasteiger partial charge on any atom is 0.255 e. The Kier molecular flexibility index (Phi) is 7.43. The first-order valence-electron chi connectivity index (χ1n) is 8.62. The predicted molar refractivity (Wildman–Crippen MR) is 103 cm³/mol. The molecule has 0 saturated heterocycles. The van der Waals surface area contributed by atoms with Crippen LogP contribution in [0.25, 0.3) is 6.08 Å². The number of rotatable bonds is 9. The van der Waals surface area contributed by atoms with Gasteiger partial charge in [0.2, 0.25) is 0 Å². The summed E-state index contributed by atoms with van der Waals surface area (Å²) in [5.74, 6) is -0.180. The van der Waals surface area contributed by atoms with Crippen LogP contribution in [0.15, 0.2) is 60.7 Å². The van der Waals surface area contributed by atoms with Crippen LogP contribution in [-0.2, 0) is 4.79 Å². The molecule has 0 aromatic heterocycles. The van der Waals surface area contributed by atoms with E-state index in [1.54, 1.807) is 29.2 Å². The fraction of sp³-hybridized carbons (Fsp3) is 0.238. The molecule has 136 valence electrons. The van der Waals surface area contributed by atoms with Crippen LogP contribution in [0.4, 0.5) is 0 Å². The van der Waals surface area contributed by atoms with Crippen LogP contribution in [0.5, 0.6) is 5.75 Å². The molecule has 2 aromatic rings. The molecule has 0 aliphatic heterocycles. The van der Waals surface area contributed by atoms with Crippen LogP contribution in [0.2, 0.25) is 0 Å². The quantitative estimate of drug-likeness (QED) is 0.754. The summed E-state index contributed by atoms with van der Waals surface area (Å²) in [6.45, 7) is 3.00. The summed E-state index contributed by atoms with van der Waals surface area (Å²) in [4.78, 5) is 25.4. The van der Waals surface area contributed by atoms with E-state index in [9.17, 15) is 9.59 Å². The lowest BCUT2D eigenvalue weighted by atomic mass is 10.1. The Bertz CT molecular complexity index is 757. The van der Waals surface area contributed by atoms with E-state index in [0.717, 1.165) is 12.0 Å². The van der Waals surface area contributed by atoms with Crippen molar-refractivity contribution < 1.29 is 14.3 Å². The minimum Gasteiger partial charge on any atom is -0.484 e. The van der Waals surface area contributed by atoms with E-state index in [4.69, 9.17) is 10.5 Å². The van der Waals surface area contributed by atoms with Crippen molar-refractivity contribution in [3.63, 3.8) is 0 Å². The molecular weight excluding hydrogens is 328 g/mol. The molecule has 0 aliphatic rings. The van der Waals surface area contributed by atoms with Gasteiger partial charge in [-0.05, 0) is 30.2 Å². The minimum absolute atomic E-state index is 0.0749. The fourth-order valence-electron chi connectivity index (χ4n) is 2.48. The van der Waals surface area contributed by atoms with Gasteiger partial charge in [0.15, 0.2) is 6.61 Å². The fourth-order valence-corrected chi connectivity index (χ4v) is 2.48. The van der Waals surface area contributed by atoms with E-state index >= 15 is 0 Å². The second-order valence-corrected chi connectivity index (χ2v) is 5.85. The zero-order chi connectivity index (χ0) is 18.8. The van der Waals surface area contributed by atoms with Gasteiger partial charge in [0.1, 0.15) is 5.75 Å². The van der Waals surface area contributed by atoms with E-state index in [0.29, 0.717) is 24.4 Å². The molecule has 2 rings (SSSR count). The van der Waals surface area contributed by atoms with Crippen molar-refractivity contribution in [1.29, 1.82) is 0 Å². The first-order valence-corrected chi connectivity index (χ1v) is 8.62. The third-order valence-corrected chi connectivity index (χ3v) is 3.68. The number of ether oxygens (including phenoxy) is 1. The van der Waals surface area contributed by atoms with Gasteiger partial charge in [-0.25, -0.2) is 0 Å². The molecule has 0 bridgehead atoms. The number of carbonyl (C=O) groups is 2. The number of nitrogens with two attached hydrogens (primary N) is 1. The number of hydrogen-bond donors (Lipinski definition) is 1. The molecular formula is C21H24N2O3. The number of carbonyl (C=O) groups excluding carboxylic acids is 2. The minimum atomic E-state index is -0.555. The Balaban J connectivity index is 2.06. The Hall–Kier alpha value is -3.08. The van der Waals surface area contributed by atoms with Crippen molar-refractivity contribution in [2.24, 2.45) is 5.73 Å². The highest BCUT2D eigenvalue weighted by molar-refractivity contribution is 5.94. The van der Waals surface area contributed by atoms with Crippen LogP contribution in [0.1, 0.15) is 29.3 Å². The predicted octanol–water partition coefficient (Wildman–Crippen LogP) is 3.12. The lowest BCUT2D eigenvalue weighted by Gasteiger charge is -2.21. The largest absolute Gasteiger partial charge is 0.484 e. The Morgan fingerprint density at radius 2 is 1.88 bits per heavy atom. The van der Waals surface area contributed by atoms with Gasteiger partial charge in [-0.15, -0.1) is 0 Å². The average molecular weight is 352 g/mol. The topological polar surface area (TPSA) is 72.6 Å². The molecule has 5 nitrogen and oxygen atoms in total. The zero-order valence-electron chi connectivity index (χ0n) is 14.9. The summed E-state index contributed by atoms with van der Waals surface area (Å²) in [6.07, 6.45) is 4.85. The van der Waals surface area contributed by atoms with Gasteiger partial charge in [-0.1, -0.05) is 55.5 Å². The van der Waals surface area contributed by atoms with Crippen molar-refractivity contribution in [3.05, 3.63) is 71.8 Å². The molecule has 0 saturated carbocycles. The Morgan fingerprint density at radius 1 is 1.12 bits per heavy atom. The third kappa shape index (κ3) is 6.09. The SMILES string of the molecule is CCCN(C/C=C/c1ccccc1)C(=O)c1cccc(OCC(N)=O)c1. The van der Waals surface area contributed by atoms with Gasteiger partial charge >= 0.3 is 0 Å². The van der Waals surface area contributed by atoms with Crippen LogP contribution in [0, 0.1) is 0 Å². The molecule has 0 heterocycles. The summed E-state index contributed by atoms with van der Waals surface area (Å²) in [7, 11) is 0. The maximum atomic E-state index is 12.8. The van der Waals surface area contributed by atoms with Gasteiger partial charge in [0, 0.05) is 18.7 Å². The Morgan fingerprint density at radius 3 is 2.58 bits per heavy atom. The molecule has 2 N–H and O–H groups in total. The van der Waals surface area contributed by atoms with Crippen molar-refractivity contribution in [2.45, 2.75) is 13.3 Å². The highest BCUT2D eigenvalue weighted by Crippen LogP contribution is 2.15. The third-order valence-electron chi connectivity index (χ3n) is 3.68. The van der Waals surface area contributed by atoms with Gasteiger partial charge in [-0.2, -0.15) is 0 Å². The summed E-state index contributed by atoms with van der Waals surface area (Å²) in [6, 6.07) is 16.8. The molecule has 2 aromatic carbocycles. The first kappa shape index (κ1) is 19.2. The van der Waals surface area contributed by atoms with Gasteiger partial charge in [-0.3, -0.25) is 9.59 Å². The molecule has 0 unspecified atom stereocenters. The van der Waals surface area contributed by atoms with Crippen molar-refractivity contribution in [3.8, 4) is 5.75 Å². The van der Waals surface area contributed by atoms with E-state index < -0.39 is 5.91 Å². The summed E-state index contributed by atoms with van der Waals surface area (Å²) >= 11 is 0. The lowest BCUT2D eigenvalue weighted by Crippen LogP contribution is -2.32. The molecule has 2 amide bonds. The molecule has 0 spiro atoms. The maximum absolute atomic E-state index is 12.8. The normalized spacial score (nSPS) is 10.7. The molecule has 0 radical (unpaired) electrons. The number of benzene rings is 2. The van der Waals surface area contributed by atoms with Crippen molar-refractivity contribution in [2.75, 3.05) is 19.7 Å². The standard InChI is InChI=1S/C21H24N2O3/c1-2-13-23(14-7-10-17-8-4-3-5-9-17)21(25)18-11-6-12-19(15-18)26-16-20(22)24/h3-12,15H,2,13-14,16H2,1H3,(H2,22,24)/b10-7+. The molecule has 26 heavy (non-hydrogen) atoms. The molecule has 0 aliphatic carbocycles. The van der Waals surface area contributed by atoms with Crippen LogP contribution in [-0.4, -0.2) is 36.4 Å². The van der Waals surface area contributed by atoms with Crippen LogP contribution < -0.4 is 10.5 Å². The highest BCUT2D eigenvalue weighted by Gasteiger charge is 2.14. The van der Waals surface area contributed by atoms with E-state index in [1.165, 1.54) is 0 Å². The van der Waals surface area contributed by atoms with Gasteiger partial charge < -0.3 is 15.4 Å². The van der Waals surface area contributed by atoms with E-state index in [2.05, 4.69) is 0 Å². The summed E-state index contributed by atoms with van der Waals surface area (Å²) in [5, 5.41) is 0. The number of primary amides is 1. The van der Waals surface area contributed by atoms with E-state index in [1.807, 2.05) is 49.4 Å². The monoisotopic (exact) mass is 352 g/mol. The van der Waals surface area contributed by atoms with Gasteiger partial charge in [0.25, 0.3) is 11.8 Å². The Labute approximate surface area is 154 Å².